The van der Waals surface area contributed by atoms with Crippen LogP contribution in [0.2, 0.25) is 0 Å². The first kappa shape index (κ1) is 14.1. The first-order chi connectivity index (χ1) is 10.1. The maximum absolute atomic E-state index is 12.1. The molecule has 0 radical (unpaired) electrons. The van der Waals surface area contributed by atoms with Crippen LogP contribution in [-0.4, -0.2) is 41.5 Å². The Bertz CT molecular complexity index is 524. The van der Waals surface area contributed by atoms with Gasteiger partial charge >= 0.3 is 5.97 Å². The number of benzene rings is 1. The topological polar surface area (TPSA) is 69.6 Å². The Hall–Kier alpha value is -1.88. The van der Waals surface area contributed by atoms with Crippen LogP contribution < -0.4 is 5.32 Å². The van der Waals surface area contributed by atoms with E-state index in [1.807, 2.05) is 30.3 Å². The number of carbonyl (C=O) groups excluding carboxylic acids is 1. The molecule has 2 N–H and O–H groups in total. The van der Waals surface area contributed by atoms with Crippen LogP contribution >= 0.6 is 0 Å². The smallest absolute Gasteiger partial charge is 0.308 e. The third kappa shape index (κ3) is 2.93. The lowest BCUT2D eigenvalue weighted by molar-refractivity contribution is -0.151. The molecule has 0 spiro atoms. The Morgan fingerprint density at radius 3 is 2.76 bits per heavy atom. The van der Waals surface area contributed by atoms with Crippen molar-refractivity contribution in [3.05, 3.63) is 35.9 Å². The van der Waals surface area contributed by atoms with Crippen molar-refractivity contribution in [1.29, 1.82) is 0 Å². The van der Waals surface area contributed by atoms with Crippen molar-refractivity contribution in [2.75, 3.05) is 19.6 Å². The lowest BCUT2D eigenvalue weighted by atomic mass is 9.73. The number of hydrogen-bond donors (Lipinski definition) is 2. The van der Waals surface area contributed by atoms with Gasteiger partial charge in [0.15, 0.2) is 0 Å². The molecule has 0 bridgehead atoms. The van der Waals surface area contributed by atoms with Gasteiger partial charge in [-0.1, -0.05) is 30.3 Å². The number of rotatable bonds is 3. The first-order valence-electron chi connectivity index (χ1n) is 7.42. The minimum absolute atomic E-state index is 0.00950. The Balaban J connectivity index is 1.77. The van der Waals surface area contributed by atoms with E-state index in [4.69, 9.17) is 0 Å². The molecule has 1 aromatic carbocycles. The number of fused-ring (bicyclic) bond motifs is 1. The summed E-state index contributed by atoms with van der Waals surface area (Å²) in [6.45, 7) is 2.47. The molecule has 1 amide bonds. The summed E-state index contributed by atoms with van der Waals surface area (Å²) in [5.74, 6) is -1.44. The number of hydrogen-bond acceptors (Lipinski definition) is 3. The Morgan fingerprint density at radius 1 is 1.29 bits per heavy atom. The zero-order chi connectivity index (χ0) is 14.8. The number of carboxylic acids is 1. The van der Waals surface area contributed by atoms with Gasteiger partial charge in [0.05, 0.1) is 11.8 Å². The molecule has 3 unspecified atom stereocenters. The molecule has 112 valence electrons. The second kappa shape index (κ2) is 5.85. The van der Waals surface area contributed by atoms with Crippen LogP contribution in [0.25, 0.3) is 0 Å². The molecule has 21 heavy (non-hydrogen) atoms. The van der Waals surface area contributed by atoms with E-state index < -0.39 is 11.9 Å². The van der Waals surface area contributed by atoms with Crippen LogP contribution in [0.4, 0.5) is 0 Å². The Kier molecular flexibility index (Phi) is 3.92. The third-order valence-corrected chi connectivity index (χ3v) is 4.62. The third-order valence-electron chi connectivity index (χ3n) is 4.62. The number of nitrogens with one attached hydrogen (secondary N) is 1. The van der Waals surface area contributed by atoms with E-state index in [2.05, 4.69) is 10.2 Å². The molecule has 0 aromatic heterocycles. The van der Waals surface area contributed by atoms with Crippen LogP contribution in [0, 0.1) is 17.8 Å². The number of aliphatic carboxylic acids is 1. The van der Waals surface area contributed by atoms with Gasteiger partial charge in [0.1, 0.15) is 0 Å². The minimum Gasteiger partial charge on any atom is -0.481 e. The summed E-state index contributed by atoms with van der Waals surface area (Å²) in [5, 5.41) is 12.4. The van der Waals surface area contributed by atoms with Crippen LogP contribution in [0.3, 0.4) is 0 Å². The molecule has 2 aliphatic rings. The summed E-state index contributed by atoms with van der Waals surface area (Å²) >= 11 is 0. The molecule has 2 heterocycles. The van der Waals surface area contributed by atoms with Crippen molar-refractivity contribution in [2.45, 2.75) is 13.0 Å². The summed E-state index contributed by atoms with van der Waals surface area (Å²) in [6, 6.07) is 9.98. The molecule has 2 fully saturated rings. The van der Waals surface area contributed by atoms with Gasteiger partial charge in [0.25, 0.3) is 0 Å². The van der Waals surface area contributed by atoms with E-state index in [9.17, 15) is 14.7 Å². The van der Waals surface area contributed by atoms with Crippen molar-refractivity contribution < 1.29 is 14.7 Å². The highest BCUT2D eigenvalue weighted by atomic mass is 16.4. The van der Waals surface area contributed by atoms with Gasteiger partial charge in [-0.2, -0.15) is 0 Å². The molecule has 0 aliphatic carbocycles. The van der Waals surface area contributed by atoms with E-state index in [0.717, 1.165) is 12.0 Å². The fourth-order valence-electron chi connectivity index (χ4n) is 3.59. The molecule has 2 aliphatic heterocycles. The van der Waals surface area contributed by atoms with Crippen molar-refractivity contribution in [1.82, 2.24) is 10.2 Å². The van der Waals surface area contributed by atoms with Crippen molar-refractivity contribution in [3.63, 3.8) is 0 Å². The van der Waals surface area contributed by atoms with Crippen molar-refractivity contribution in [2.24, 2.45) is 17.8 Å². The standard InChI is InChI=1S/C16H20N2O3/c19-15-13-9-18(8-11-4-2-1-3-5-11)10-14(16(20)21)12(13)6-7-17-15/h1-5,12-14H,6-10H2,(H,17,19)(H,20,21). The van der Waals surface area contributed by atoms with Crippen molar-refractivity contribution >= 4 is 11.9 Å². The molecular formula is C16H20N2O3. The molecular weight excluding hydrogens is 268 g/mol. The molecule has 1 aromatic rings. The first-order valence-corrected chi connectivity index (χ1v) is 7.42. The lowest BCUT2D eigenvalue weighted by Crippen LogP contribution is -2.56. The second-order valence-corrected chi connectivity index (χ2v) is 5.97. The van der Waals surface area contributed by atoms with Gasteiger partial charge in [0, 0.05) is 26.2 Å². The van der Waals surface area contributed by atoms with E-state index in [1.54, 1.807) is 0 Å². The van der Waals surface area contributed by atoms with Crippen LogP contribution in [0.15, 0.2) is 30.3 Å². The fraction of sp³-hybridized carbons (Fsp3) is 0.500. The van der Waals surface area contributed by atoms with Gasteiger partial charge in [-0.3, -0.25) is 14.5 Å². The highest BCUT2D eigenvalue weighted by Gasteiger charge is 2.45. The average molecular weight is 288 g/mol. The molecule has 5 heteroatoms. The quantitative estimate of drug-likeness (QED) is 0.869. The normalized spacial score (nSPS) is 29.5. The molecule has 2 saturated heterocycles. The van der Waals surface area contributed by atoms with Gasteiger partial charge < -0.3 is 10.4 Å². The SMILES string of the molecule is O=C(O)C1CN(Cc2ccccc2)CC2C(=O)NCCC12. The monoisotopic (exact) mass is 288 g/mol. The number of likely N-dealkylation sites (tertiary alicyclic amines) is 1. The van der Waals surface area contributed by atoms with Crippen molar-refractivity contribution in [3.8, 4) is 0 Å². The van der Waals surface area contributed by atoms with Gasteiger partial charge in [0.2, 0.25) is 5.91 Å². The maximum Gasteiger partial charge on any atom is 0.308 e. The Morgan fingerprint density at radius 2 is 2.05 bits per heavy atom. The number of amides is 1. The van der Waals surface area contributed by atoms with E-state index in [0.29, 0.717) is 26.2 Å². The molecule has 3 atom stereocenters. The summed E-state index contributed by atoms with van der Waals surface area (Å²) in [5.41, 5.74) is 1.15. The number of nitrogens with zero attached hydrogens (tertiary/aromatic N) is 1. The fourth-order valence-corrected chi connectivity index (χ4v) is 3.59. The average Bonchev–Trinajstić information content (AvgIpc) is 2.48. The second-order valence-electron chi connectivity index (χ2n) is 5.97. The van der Waals surface area contributed by atoms with Crippen LogP contribution in [-0.2, 0) is 16.1 Å². The largest absolute Gasteiger partial charge is 0.481 e. The number of piperidine rings is 2. The molecule has 5 nitrogen and oxygen atoms in total. The zero-order valence-corrected chi connectivity index (χ0v) is 11.9. The summed E-state index contributed by atoms with van der Waals surface area (Å²) in [4.78, 5) is 25.7. The van der Waals surface area contributed by atoms with Crippen LogP contribution in [0.1, 0.15) is 12.0 Å². The highest BCUT2D eigenvalue weighted by molar-refractivity contribution is 5.82. The number of carboxylic acid groups (broad SMARTS) is 1. The predicted molar refractivity (Wildman–Crippen MR) is 77.5 cm³/mol. The summed E-state index contributed by atoms with van der Waals surface area (Å²) in [7, 11) is 0. The van der Waals surface area contributed by atoms with Gasteiger partial charge in [-0.05, 0) is 17.9 Å². The Labute approximate surface area is 123 Å². The predicted octanol–water partition coefficient (Wildman–Crippen LogP) is 0.955. The van der Waals surface area contributed by atoms with E-state index >= 15 is 0 Å². The van der Waals surface area contributed by atoms with Gasteiger partial charge in [-0.15, -0.1) is 0 Å². The summed E-state index contributed by atoms with van der Waals surface area (Å²) in [6.07, 6.45) is 0.770. The van der Waals surface area contributed by atoms with Crippen LogP contribution in [0.5, 0.6) is 0 Å². The van der Waals surface area contributed by atoms with E-state index in [-0.39, 0.29) is 17.7 Å². The minimum atomic E-state index is -0.780. The van der Waals surface area contributed by atoms with E-state index in [1.165, 1.54) is 0 Å². The lowest BCUT2D eigenvalue weighted by Gasteiger charge is -2.43. The molecule has 0 saturated carbocycles. The number of carbonyl (C=O) groups is 2. The zero-order valence-electron chi connectivity index (χ0n) is 11.9. The highest BCUT2D eigenvalue weighted by Crippen LogP contribution is 2.34. The maximum atomic E-state index is 12.1. The molecule has 3 rings (SSSR count). The van der Waals surface area contributed by atoms with Gasteiger partial charge in [-0.25, -0.2) is 0 Å². The summed E-state index contributed by atoms with van der Waals surface area (Å²) < 4.78 is 0.